The van der Waals surface area contributed by atoms with Crippen LogP contribution in [0.1, 0.15) is 49.1 Å². The van der Waals surface area contributed by atoms with E-state index in [1.54, 1.807) is 12.1 Å². The first-order valence-electron chi connectivity index (χ1n) is 11.3. The molecule has 2 aromatic carbocycles. The number of nitrogens with one attached hydrogen (secondary N) is 1. The van der Waals surface area contributed by atoms with Crippen LogP contribution in [-0.2, 0) is 9.59 Å². The molecule has 0 bridgehead atoms. The highest BCUT2D eigenvalue weighted by Crippen LogP contribution is 2.46. The SMILES string of the molecule is C[C@H](C(C(=O)Nc1cc([C@@H](CC(=O)O)C2CC2)ccc1Cl)c1ccc2c(c1)OCCO2)C(F)(F)F. The minimum atomic E-state index is -4.64. The third kappa shape index (κ3) is 5.83. The van der Waals surface area contributed by atoms with Gasteiger partial charge < -0.3 is 19.9 Å². The minimum absolute atomic E-state index is 0.0788. The van der Waals surface area contributed by atoms with Crippen LogP contribution in [-0.4, -0.2) is 36.4 Å². The highest BCUT2D eigenvalue weighted by atomic mass is 35.5. The number of hydrogen-bond donors (Lipinski definition) is 2. The van der Waals surface area contributed by atoms with Crippen molar-refractivity contribution in [2.24, 2.45) is 11.8 Å². The van der Waals surface area contributed by atoms with Crippen molar-refractivity contribution in [2.45, 2.75) is 44.2 Å². The number of benzene rings is 2. The molecule has 35 heavy (non-hydrogen) atoms. The Hall–Kier alpha value is -2.94. The monoisotopic (exact) mass is 511 g/mol. The summed E-state index contributed by atoms with van der Waals surface area (Å²) < 4.78 is 52.2. The Bertz CT molecular complexity index is 1120. The second-order valence-electron chi connectivity index (χ2n) is 8.98. The minimum Gasteiger partial charge on any atom is -0.486 e. The fourth-order valence-electron chi connectivity index (χ4n) is 4.43. The van der Waals surface area contributed by atoms with Crippen molar-refractivity contribution in [3.63, 3.8) is 0 Å². The summed E-state index contributed by atoms with van der Waals surface area (Å²) in [5.41, 5.74) is 0.946. The van der Waals surface area contributed by atoms with Crippen LogP contribution in [0.25, 0.3) is 0 Å². The molecule has 2 N–H and O–H groups in total. The van der Waals surface area contributed by atoms with Crippen LogP contribution in [0.2, 0.25) is 5.02 Å². The summed E-state index contributed by atoms with van der Waals surface area (Å²) in [7, 11) is 0. The normalized spacial score (nSPS) is 17.9. The van der Waals surface area contributed by atoms with Gasteiger partial charge in [0.25, 0.3) is 0 Å². The van der Waals surface area contributed by atoms with E-state index in [9.17, 15) is 27.9 Å². The Morgan fingerprint density at radius 2 is 1.74 bits per heavy atom. The third-order valence-electron chi connectivity index (χ3n) is 6.49. The van der Waals surface area contributed by atoms with E-state index in [1.165, 1.54) is 24.3 Å². The maximum Gasteiger partial charge on any atom is 0.392 e. The number of carboxylic acid groups (broad SMARTS) is 1. The number of anilines is 1. The fraction of sp³-hybridized carbons (Fsp3) is 0.440. The topological polar surface area (TPSA) is 84.9 Å². The lowest BCUT2D eigenvalue weighted by Crippen LogP contribution is -2.34. The molecular weight excluding hydrogens is 487 g/mol. The molecule has 0 radical (unpaired) electrons. The van der Waals surface area contributed by atoms with Gasteiger partial charge in [-0.15, -0.1) is 0 Å². The third-order valence-corrected chi connectivity index (χ3v) is 6.82. The molecule has 6 nitrogen and oxygen atoms in total. The number of hydrogen-bond acceptors (Lipinski definition) is 4. The number of carbonyl (C=O) groups is 2. The second-order valence-corrected chi connectivity index (χ2v) is 9.39. The number of halogens is 4. The predicted molar refractivity (Wildman–Crippen MR) is 123 cm³/mol. The molecule has 1 aliphatic carbocycles. The van der Waals surface area contributed by atoms with E-state index in [4.69, 9.17) is 21.1 Å². The van der Waals surface area contributed by atoms with Gasteiger partial charge in [0, 0.05) is 0 Å². The summed E-state index contributed by atoms with van der Waals surface area (Å²) in [5, 5.41) is 12.0. The zero-order chi connectivity index (χ0) is 25.3. The summed E-state index contributed by atoms with van der Waals surface area (Å²) in [6, 6.07) is 9.10. The van der Waals surface area contributed by atoms with Gasteiger partial charge in [-0.25, -0.2) is 0 Å². The number of ether oxygens (including phenoxy) is 2. The van der Waals surface area contributed by atoms with Crippen molar-refractivity contribution < 1.29 is 37.3 Å². The van der Waals surface area contributed by atoms with Crippen LogP contribution in [0.15, 0.2) is 36.4 Å². The second kappa shape index (κ2) is 9.97. The Kier molecular flexibility index (Phi) is 7.17. The van der Waals surface area contributed by atoms with Gasteiger partial charge in [0.05, 0.1) is 29.0 Å². The molecule has 0 spiro atoms. The molecule has 4 rings (SSSR count). The molecule has 2 aromatic rings. The Labute approximate surface area is 205 Å². The lowest BCUT2D eigenvalue weighted by atomic mass is 9.85. The van der Waals surface area contributed by atoms with Gasteiger partial charge >= 0.3 is 12.1 Å². The summed E-state index contributed by atoms with van der Waals surface area (Å²) >= 11 is 6.27. The van der Waals surface area contributed by atoms with Crippen LogP contribution >= 0.6 is 11.6 Å². The molecule has 1 heterocycles. The first-order chi connectivity index (χ1) is 16.5. The Morgan fingerprint density at radius 1 is 1.09 bits per heavy atom. The van der Waals surface area contributed by atoms with Crippen molar-refractivity contribution in [2.75, 3.05) is 18.5 Å². The highest BCUT2D eigenvalue weighted by molar-refractivity contribution is 6.33. The van der Waals surface area contributed by atoms with E-state index >= 15 is 0 Å². The van der Waals surface area contributed by atoms with Crippen molar-refractivity contribution in [1.29, 1.82) is 0 Å². The number of aliphatic carboxylic acids is 1. The number of amides is 1. The van der Waals surface area contributed by atoms with E-state index in [2.05, 4.69) is 5.32 Å². The van der Waals surface area contributed by atoms with Gasteiger partial charge in [0.15, 0.2) is 11.5 Å². The quantitative estimate of drug-likeness (QED) is 0.454. The molecule has 1 unspecified atom stereocenters. The van der Waals surface area contributed by atoms with Gasteiger partial charge in [-0.1, -0.05) is 30.7 Å². The van der Waals surface area contributed by atoms with E-state index in [0.29, 0.717) is 17.9 Å². The summed E-state index contributed by atoms with van der Waals surface area (Å²) in [6.45, 7) is 1.53. The van der Waals surface area contributed by atoms with Gasteiger partial charge in [-0.3, -0.25) is 9.59 Å². The van der Waals surface area contributed by atoms with Gasteiger partial charge in [0.1, 0.15) is 13.2 Å². The van der Waals surface area contributed by atoms with Crippen LogP contribution in [0.4, 0.5) is 18.9 Å². The average molecular weight is 512 g/mol. The van der Waals surface area contributed by atoms with E-state index in [1.807, 2.05) is 0 Å². The lowest BCUT2D eigenvalue weighted by Gasteiger charge is -2.27. The van der Waals surface area contributed by atoms with Crippen molar-refractivity contribution >= 4 is 29.2 Å². The molecule has 3 atom stereocenters. The molecule has 1 saturated carbocycles. The average Bonchev–Trinajstić information content (AvgIpc) is 3.64. The molecule has 1 aliphatic heterocycles. The summed E-state index contributed by atoms with van der Waals surface area (Å²) in [5.74, 6) is -4.77. The van der Waals surface area contributed by atoms with Gasteiger partial charge in [-0.05, 0) is 60.1 Å². The molecule has 0 saturated heterocycles. The largest absolute Gasteiger partial charge is 0.486 e. The zero-order valence-corrected chi connectivity index (χ0v) is 19.7. The molecule has 188 valence electrons. The molecule has 1 fully saturated rings. The summed E-state index contributed by atoms with van der Waals surface area (Å²) in [4.78, 5) is 24.6. The zero-order valence-electron chi connectivity index (χ0n) is 18.9. The van der Waals surface area contributed by atoms with E-state index < -0.39 is 29.9 Å². The first-order valence-corrected chi connectivity index (χ1v) is 11.7. The van der Waals surface area contributed by atoms with Crippen molar-refractivity contribution in [1.82, 2.24) is 0 Å². The van der Waals surface area contributed by atoms with Crippen LogP contribution < -0.4 is 14.8 Å². The standard InChI is InChI=1S/C25H25ClF3NO5/c1-13(25(27,28)29)23(16-5-7-20-21(11-16)35-9-8-34-20)24(33)30-19-10-15(4-6-18(19)26)17(12-22(31)32)14-2-3-14/h4-7,10-11,13-14,17,23H,2-3,8-9,12H2,1H3,(H,30,33)(H,31,32)/t13-,17+,23?/m1/s1. The van der Waals surface area contributed by atoms with Crippen molar-refractivity contribution in [3.8, 4) is 11.5 Å². The molecule has 0 aromatic heterocycles. The van der Waals surface area contributed by atoms with E-state index in [0.717, 1.165) is 19.8 Å². The highest BCUT2D eigenvalue weighted by Gasteiger charge is 2.45. The van der Waals surface area contributed by atoms with Crippen LogP contribution in [0.3, 0.4) is 0 Å². The van der Waals surface area contributed by atoms with Gasteiger partial charge in [-0.2, -0.15) is 13.2 Å². The van der Waals surface area contributed by atoms with Crippen molar-refractivity contribution in [3.05, 3.63) is 52.5 Å². The predicted octanol–water partition coefficient (Wildman–Crippen LogP) is 6.00. The molecule has 2 aliphatic rings. The number of carboxylic acids is 1. The lowest BCUT2D eigenvalue weighted by molar-refractivity contribution is -0.178. The first kappa shape index (κ1) is 25.2. The Morgan fingerprint density at radius 3 is 2.37 bits per heavy atom. The number of fused-ring (bicyclic) bond motifs is 1. The summed E-state index contributed by atoms with van der Waals surface area (Å²) in [6.07, 6.45) is -2.92. The Balaban J connectivity index is 1.65. The smallest absolute Gasteiger partial charge is 0.392 e. The molecule has 1 amide bonds. The maximum atomic E-state index is 13.8. The number of alkyl halides is 3. The van der Waals surface area contributed by atoms with Gasteiger partial charge in [0.2, 0.25) is 5.91 Å². The van der Waals surface area contributed by atoms with E-state index in [-0.39, 0.29) is 46.9 Å². The number of carbonyl (C=O) groups excluding carboxylic acids is 1. The molecule has 10 heteroatoms. The van der Waals surface area contributed by atoms with Crippen LogP contribution in [0.5, 0.6) is 11.5 Å². The fourth-order valence-corrected chi connectivity index (χ4v) is 4.60. The number of rotatable bonds is 8. The molecular formula is C25H25ClF3NO5. The maximum absolute atomic E-state index is 13.8. The van der Waals surface area contributed by atoms with Crippen LogP contribution in [0, 0.1) is 11.8 Å².